The van der Waals surface area contributed by atoms with E-state index in [1.807, 2.05) is 0 Å². The predicted octanol–water partition coefficient (Wildman–Crippen LogP) is 2.82. The van der Waals surface area contributed by atoms with Crippen LogP contribution in [0.2, 0.25) is 0 Å². The summed E-state index contributed by atoms with van der Waals surface area (Å²) in [5.41, 5.74) is -1.32. The van der Waals surface area contributed by atoms with Crippen LogP contribution in [0, 0.1) is 18.7 Å². The number of carbonyl (C=O) groups excluding carboxylic acids is 3. The number of halogens is 4. The lowest BCUT2D eigenvalue weighted by Gasteiger charge is -2.56. The van der Waals surface area contributed by atoms with Gasteiger partial charge in [0.15, 0.2) is 11.6 Å². The standard InChI is InChI=1S/C23H22F4N4O3/c1-13-7-17(24)19(29-10-13)30-12-18(32)31(11-14-3-5-16(6-4-14)23(25,26)27)22(21(30)34)8-15(9-22)20(33)28-2/h3-7,10,15H,8-9,11-12H2,1-2H3,(H,28,33). The zero-order valence-corrected chi connectivity index (χ0v) is 18.4. The minimum Gasteiger partial charge on any atom is -0.359 e. The molecule has 1 aromatic heterocycles. The summed E-state index contributed by atoms with van der Waals surface area (Å²) in [6.07, 6.45) is -3.09. The van der Waals surface area contributed by atoms with Gasteiger partial charge in [-0.05, 0) is 49.1 Å². The number of benzene rings is 1. The second kappa shape index (κ2) is 8.37. The van der Waals surface area contributed by atoms with Crippen LogP contribution in [0.4, 0.5) is 23.4 Å². The fraction of sp³-hybridized carbons (Fsp3) is 0.391. The molecule has 7 nitrogen and oxygen atoms in total. The van der Waals surface area contributed by atoms with E-state index in [2.05, 4.69) is 10.3 Å². The molecule has 34 heavy (non-hydrogen) atoms. The Morgan fingerprint density at radius 3 is 2.41 bits per heavy atom. The summed E-state index contributed by atoms with van der Waals surface area (Å²) in [5.74, 6) is -2.95. The lowest BCUT2D eigenvalue weighted by molar-refractivity contribution is -0.165. The van der Waals surface area contributed by atoms with Gasteiger partial charge in [0.25, 0.3) is 5.91 Å². The molecule has 1 spiro atoms. The molecule has 1 aliphatic carbocycles. The number of anilines is 1. The number of carbonyl (C=O) groups is 3. The second-order valence-electron chi connectivity index (χ2n) is 8.63. The van der Waals surface area contributed by atoms with Crippen molar-refractivity contribution in [3.63, 3.8) is 0 Å². The van der Waals surface area contributed by atoms with Crippen LogP contribution in [0.25, 0.3) is 0 Å². The number of aromatic nitrogens is 1. The molecular weight excluding hydrogens is 456 g/mol. The van der Waals surface area contributed by atoms with Crippen molar-refractivity contribution in [3.05, 3.63) is 59.0 Å². The average Bonchev–Trinajstić information content (AvgIpc) is 2.74. The highest BCUT2D eigenvalue weighted by atomic mass is 19.4. The monoisotopic (exact) mass is 478 g/mol. The maximum Gasteiger partial charge on any atom is 0.416 e. The Balaban J connectivity index is 1.67. The molecule has 1 saturated carbocycles. The molecule has 0 atom stereocenters. The number of rotatable bonds is 4. The predicted molar refractivity (Wildman–Crippen MR) is 113 cm³/mol. The van der Waals surface area contributed by atoms with Crippen LogP contribution in [0.1, 0.15) is 29.5 Å². The number of hydrogen-bond donors (Lipinski definition) is 1. The van der Waals surface area contributed by atoms with Crippen molar-refractivity contribution in [2.75, 3.05) is 18.5 Å². The summed E-state index contributed by atoms with van der Waals surface area (Å²) < 4.78 is 53.3. The summed E-state index contributed by atoms with van der Waals surface area (Å²) in [7, 11) is 1.46. The van der Waals surface area contributed by atoms with E-state index < -0.39 is 47.4 Å². The molecule has 1 aliphatic heterocycles. The van der Waals surface area contributed by atoms with E-state index >= 15 is 0 Å². The first-order valence-electron chi connectivity index (χ1n) is 10.6. The van der Waals surface area contributed by atoms with E-state index in [0.29, 0.717) is 11.1 Å². The summed E-state index contributed by atoms with van der Waals surface area (Å²) in [5, 5.41) is 2.51. The largest absolute Gasteiger partial charge is 0.416 e. The molecule has 2 aromatic rings. The molecule has 2 fully saturated rings. The van der Waals surface area contributed by atoms with E-state index in [-0.39, 0.29) is 31.1 Å². The zero-order chi connectivity index (χ0) is 24.8. The van der Waals surface area contributed by atoms with Crippen molar-refractivity contribution >= 4 is 23.5 Å². The van der Waals surface area contributed by atoms with Gasteiger partial charge in [-0.1, -0.05) is 12.1 Å². The number of alkyl halides is 3. The smallest absolute Gasteiger partial charge is 0.359 e. The molecule has 0 unspecified atom stereocenters. The van der Waals surface area contributed by atoms with E-state index in [4.69, 9.17) is 0 Å². The molecule has 2 heterocycles. The van der Waals surface area contributed by atoms with Crippen molar-refractivity contribution in [2.24, 2.45) is 5.92 Å². The van der Waals surface area contributed by atoms with Gasteiger partial charge in [-0.15, -0.1) is 0 Å². The van der Waals surface area contributed by atoms with Crippen molar-refractivity contribution in [2.45, 2.75) is 38.0 Å². The maximum atomic E-state index is 14.6. The first kappa shape index (κ1) is 23.7. The highest BCUT2D eigenvalue weighted by Crippen LogP contribution is 2.47. The summed E-state index contributed by atoms with van der Waals surface area (Å²) >= 11 is 0. The fourth-order valence-corrected chi connectivity index (χ4v) is 4.56. The van der Waals surface area contributed by atoms with Gasteiger partial charge in [0.1, 0.15) is 12.1 Å². The van der Waals surface area contributed by atoms with Gasteiger partial charge in [0.05, 0.1) is 5.56 Å². The number of amides is 3. The van der Waals surface area contributed by atoms with Crippen molar-refractivity contribution < 1.29 is 31.9 Å². The van der Waals surface area contributed by atoms with Crippen LogP contribution in [-0.4, -0.2) is 46.7 Å². The van der Waals surface area contributed by atoms with E-state index in [9.17, 15) is 31.9 Å². The molecule has 11 heteroatoms. The minimum absolute atomic E-state index is 0.0157. The molecule has 1 N–H and O–H groups in total. The van der Waals surface area contributed by atoms with Crippen LogP contribution in [0.15, 0.2) is 36.5 Å². The van der Waals surface area contributed by atoms with Crippen LogP contribution >= 0.6 is 0 Å². The molecule has 0 radical (unpaired) electrons. The van der Waals surface area contributed by atoms with E-state index in [0.717, 1.165) is 17.0 Å². The number of piperazine rings is 1. The van der Waals surface area contributed by atoms with E-state index in [1.165, 1.54) is 36.3 Å². The van der Waals surface area contributed by atoms with Crippen LogP contribution in [-0.2, 0) is 27.1 Å². The summed E-state index contributed by atoms with van der Waals surface area (Å²) in [6.45, 7) is 1.04. The normalized spacial score (nSPS) is 22.7. The van der Waals surface area contributed by atoms with E-state index in [1.54, 1.807) is 6.92 Å². The Kier molecular flexibility index (Phi) is 5.82. The van der Waals surface area contributed by atoms with Crippen LogP contribution < -0.4 is 10.2 Å². The van der Waals surface area contributed by atoms with Gasteiger partial charge >= 0.3 is 6.18 Å². The van der Waals surface area contributed by atoms with Crippen molar-refractivity contribution in [1.82, 2.24) is 15.2 Å². The average molecular weight is 478 g/mol. The van der Waals surface area contributed by atoms with Crippen molar-refractivity contribution in [1.29, 1.82) is 0 Å². The topological polar surface area (TPSA) is 82.6 Å². The molecule has 1 aromatic carbocycles. The van der Waals surface area contributed by atoms with Gasteiger partial charge in [-0.25, -0.2) is 9.37 Å². The zero-order valence-electron chi connectivity index (χ0n) is 18.4. The highest BCUT2D eigenvalue weighted by Gasteiger charge is 2.61. The Morgan fingerprint density at radius 2 is 1.85 bits per heavy atom. The van der Waals surface area contributed by atoms with Crippen LogP contribution in [0.3, 0.4) is 0 Å². The molecule has 0 bridgehead atoms. The molecule has 1 saturated heterocycles. The third-order valence-corrected chi connectivity index (χ3v) is 6.38. The first-order chi connectivity index (χ1) is 16.0. The minimum atomic E-state index is -4.50. The molecule has 4 rings (SSSR count). The SMILES string of the molecule is CNC(=O)C1CC2(C1)C(=O)N(c1ncc(C)cc1F)CC(=O)N2Cc1ccc(C(F)(F)F)cc1. The Bertz CT molecular complexity index is 1140. The molecule has 2 aliphatic rings. The number of nitrogens with zero attached hydrogens (tertiary/aromatic N) is 3. The molecular formula is C23H22F4N4O3. The Labute approximate surface area is 192 Å². The van der Waals surface area contributed by atoms with Gasteiger partial charge in [-0.2, -0.15) is 13.2 Å². The molecule has 3 amide bonds. The third kappa shape index (κ3) is 3.99. The Hall–Kier alpha value is -3.50. The van der Waals surface area contributed by atoms with Gasteiger partial charge in [0, 0.05) is 25.7 Å². The number of nitrogens with one attached hydrogen (secondary N) is 1. The fourth-order valence-electron chi connectivity index (χ4n) is 4.56. The number of aryl methyl sites for hydroxylation is 1. The Morgan fingerprint density at radius 1 is 1.21 bits per heavy atom. The summed E-state index contributed by atoms with van der Waals surface area (Å²) in [6, 6.07) is 5.51. The quantitative estimate of drug-likeness (QED) is 0.686. The number of pyridine rings is 1. The third-order valence-electron chi connectivity index (χ3n) is 6.38. The van der Waals surface area contributed by atoms with Crippen molar-refractivity contribution in [3.8, 4) is 0 Å². The summed E-state index contributed by atoms with van der Waals surface area (Å²) in [4.78, 5) is 45.2. The van der Waals surface area contributed by atoms with Gasteiger partial charge in [0.2, 0.25) is 11.8 Å². The first-order valence-corrected chi connectivity index (χ1v) is 10.6. The van der Waals surface area contributed by atoms with Gasteiger partial charge < -0.3 is 10.2 Å². The lowest BCUT2D eigenvalue weighted by atomic mass is 9.64. The lowest BCUT2D eigenvalue weighted by Crippen LogP contribution is -2.73. The molecule has 180 valence electrons. The van der Waals surface area contributed by atoms with Gasteiger partial charge in [-0.3, -0.25) is 19.3 Å². The highest BCUT2D eigenvalue weighted by molar-refractivity contribution is 6.10. The van der Waals surface area contributed by atoms with Crippen LogP contribution in [0.5, 0.6) is 0 Å². The number of hydrogen-bond acceptors (Lipinski definition) is 4. The second-order valence-corrected chi connectivity index (χ2v) is 8.63. The maximum absolute atomic E-state index is 14.6.